The topological polar surface area (TPSA) is 96.5 Å². The number of carbonyl (C=O) groups is 2. The molecule has 0 aliphatic carbocycles. The fraction of sp³-hybridized carbons (Fsp3) is 0.647. The molecule has 0 spiro atoms. The molecule has 0 unspecified atom stereocenters. The highest BCUT2D eigenvalue weighted by Crippen LogP contribution is 2.20. The third-order valence-electron chi connectivity index (χ3n) is 4.76. The van der Waals surface area contributed by atoms with E-state index in [1.807, 2.05) is 0 Å². The molecule has 2 aliphatic heterocycles. The van der Waals surface area contributed by atoms with Crippen LogP contribution < -0.4 is 15.5 Å². The van der Waals surface area contributed by atoms with E-state index in [4.69, 9.17) is 4.74 Å². The third kappa shape index (κ3) is 5.12. The van der Waals surface area contributed by atoms with E-state index in [0.29, 0.717) is 19.0 Å². The largest absolute Gasteiger partial charge is 0.376 e. The second-order valence-corrected chi connectivity index (χ2v) is 6.55. The molecule has 1 aromatic heterocycles. The van der Waals surface area contributed by atoms with Gasteiger partial charge in [-0.3, -0.25) is 14.6 Å². The number of amides is 2. The lowest BCUT2D eigenvalue weighted by molar-refractivity contribution is -0.139. The van der Waals surface area contributed by atoms with Crippen molar-refractivity contribution < 1.29 is 14.3 Å². The Kier molecular flexibility index (Phi) is 6.16. The van der Waals surface area contributed by atoms with Crippen LogP contribution in [0, 0.1) is 5.92 Å². The highest BCUT2D eigenvalue weighted by molar-refractivity contribution is 6.35. The molecule has 8 nitrogen and oxygen atoms in total. The van der Waals surface area contributed by atoms with Crippen molar-refractivity contribution in [2.24, 2.45) is 5.92 Å². The van der Waals surface area contributed by atoms with Gasteiger partial charge in [-0.05, 0) is 31.6 Å². The SMILES string of the molecule is O=C(NCC1CCN(c2cnccn2)CC1)C(=O)NC[C@@H]1CCCO1. The van der Waals surface area contributed by atoms with E-state index in [1.54, 1.807) is 18.6 Å². The van der Waals surface area contributed by atoms with Gasteiger partial charge >= 0.3 is 11.8 Å². The van der Waals surface area contributed by atoms with E-state index in [9.17, 15) is 9.59 Å². The first-order valence-corrected chi connectivity index (χ1v) is 8.91. The van der Waals surface area contributed by atoms with Crippen LogP contribution in [0.2, 0.25) is 0 Å². The van der Waals surface area contributed by atoms with Crippen molar-refractivity contribution in [2.45, 2.75) is 31.8 Å². The Labute approximate surface area is 147 Å². The predicted molar refractivity (Wildman–Crippen MR) is 92.0 cm³/mol. The first-order chi connectivity index (χ1) is 12.2. The molecule has 0 saturated carbocycles. The number of aromatic nitrogens is 2. The van der Waals surface area contributed by atoms with Gasteiger partial charge in [0.15, 0.2) is 0 Å². The number of hydrogen-bond acceptors (Lipinski definition) is 6. The van der Waals surface area contributed by atoms with Crippen LogP contribution in [0.5, 0.6) is 0 Å². The molecule has 1 atom stereocenters. The molecule has 3 heterocycles. The molecule has 2 aliphatic rings. The van der Waals surface area contributed by atoms with Crippen LogP contribution >= 0.6 is 0 Å². The molecule has 25 heavy (non-hydrogen) atoms. The van der Waals surface area contributed by atoms with Crippen molar-refractivity contribution in [1.82, 2.24) is 20.6 Å². The standard InChI is InChI=1S/C17H25N5O3/c23-16(17(24)21-11-14-2-1-9-25-14)20-10-13-3-7-22(8-4-13)15-12-18-5-6-19-15/h5-6,12-14H,1-4,7-11H2,(H,20,23)(H,21,24)/t14-/m0/s1. The number of piperidine rings is 1. The molecule has 2 saturated heterocycles. The van der Waals surface area contributed by atoms with Crippen molar-refractivity contribution in [2.75, 3.05) is 37.7 Å². The summed E-state index contributed by atoms with van der Waals surface area (Å²) in [6.45, 7) is 3.43. The molecule has 0 bridgehead atoms. The molecule has 8 heteroatoms. The van der Waals surface area contributed by atoms with Crippen molar-refractivity contribution in [1.29, 1.82) is 0 Å². The molecule has 2 fully saturated rings. The Hall–Kier alpha value is -2.22. The summed E-state index contributed by atoms with van der Waals surface area (Å²) in [5, 5.41) is 5.39. The summed E-state index contributed by atoms with van der Waals surface area (Å²) in [4.78, 5) is 34.3. The zero-order valence-corrected chi connectivity index (χ0v) is 14.3. The van der Waals surface area contributed by atoms with E-state index >= 15 is 0 Å². The maximum Gasteiger partial charge on any atom is 0.309 e. The van der Waals surface area contributed by atoms with E-state index < -0.39 is 11.8 Å². The number of hydrogen-bond donors (Lipinski definition) is 2. The van der Waals surface area contributed by atoms with Crippen LogP contribution in [-0.4, -0.2) is 60.7 Å². The normalized spacial score (nSPS) is 21.1. The monoisotopic (exact) mass is 347 g/mol. The smallest absolute Gasteiger partial charge is 0.309 e. The van der Waals surface area contributed by atoms with Gasteiger partial charge in [-0.1, -0.05) is 0 Å². The maximum absolute atomic E-state index is 11.9. The fourth-order valence-electron chi connectivity index (χ4n) is 3.23. The van der Waals surface area contributed by atoms with E-state index in [-0.39, 0.29) is 6.10 Å². The summed E-state index contributed by atoms with van der Waals surface area (Å²) in [6, 6.07) is 0. The summed E-state index contributed by atoms with van der Waals surface area (Å²) < 4.78 is 5.42. The first kappa shape index (κ1) is 17.6. The number of nitrogens with one attached hydrogen (secondary N) is 2. The quantitative estimate of drug-likeness (QED) is 0.734. The molecule has 136 valence electrons. The predicted octanol–water partition coefficient (Wildman–Crippen LogP) is 0.104. The summed E-state index contributed by atoms with van der Waals surface area (Å²) in [7, 11) is 0. The summed E-state index contributed by atoms with van der Waals surface area (Å²) in [5.74, 6) is 0.128. The molecular formula is C17H25N5O3. The van der Waals surface area contributed by atoms with Gasteiger partial charge in [-0.2, -0.15) is 0 Å². The number of nitrogens with zero attached hydrogens (tertiary/aromatic N) is 3. The molecule has 3 rings (SSSR count). The minimum atomic E-state index is -0.576. The van der Waals surface area contributed by atoms with Crippen LogP contribution in [0.4, 0.5) is 5.82 Å². The summed E-state index contributed by atoms with van der Waals surface area (Å²) in [5.41, 5.74) is 0. The number of rotatable bonds is 5. The third-order valence-corrected chi connectivity index (χ3v) is 4.76. The highest BCUT2D eigenvalue weighted by atomic mass is 16.5. The molecule has 0 radical (unpaired) electrons. The molecule has 2 N–H and O–H groups in total. The number of carbonyl (C=O) groups excluding carboxylic acids is 2. The van der Waals surface area contributed by atoms with Crippen LogP contribution in [-0.2, 0) is 14.3 Å². The average Bonchev–Trinajstić information content (AvgIpc) is 3.19. The van der Waals surface area contributed by atoms with Crippen LogP contribution in [0.15, 0.2) is 18.6 Å². The van der Waals surface area contributed by atoms with E-state index in [2.05, 4.69) is 25.5 Å². The lowest BCUT2D eigenvalue weighted by Gasteiger charge is -2.32. The fourth-order valence-corrected chi connectivity index (χ4v) is 3.23. The maximum atomic E-state index is 11.9. The molecule has 2 amide bonds. The zero-order chi connectivity index (χ0) is 17.5. The highest BCUT2D eigenvalue weighted by Gasteiger charge is 2.23. The van der Waals surface area contributed by atoms with Gasteiger partial charge in [-0.15, -0.1) is 0 Å². The molecular weight excluding hydrogens is 322 g/mol. The van der Waals surface area contributed by atoms with Crippen LogP contribution in [0.25, 0.3) is 0 Å². The number of anilines is 1. The first-order valence-electron chi connectivity index (χ1n) is 8.91. The van der Waals surface area contributed by atoms with Gasteiger partial charge in [0.2, 0.25) is 0 Å². The Balaban J connectivity index is 1.33. The summed E-state index contributed by atoms with van der Waals surface area (Å²) >= 11 is 0. The Morgan fingerprint density at radius 1 is 1.12 bits per heavy atom. The summed E-state index contributed by atoms with van der Waals surface area (Å²) in [6.07, 6.45) is 9.02. The van der Waals surface area contributed by atoms with E-state index in [1.165, 1.54) is 0 Å². The Bertz CT molecular complexity index is 569. The van der Waals surface area contributed by atoms with Gasteiger partial charge in [0.25, 0.3) is 0 Å². The second-order valence-electron chi connectivity index (χ2n) is 6.55. The van der Waals surface area contributed by atoms with Gasteiger partial charge in [-0.25, -0.2) is 4.98 Å². The minimum Gasteiger partial charge on any atom is -0.376 e. The van der Waals surface area contributed by atoms with Crippen molar-refractivity contribution >= 4 is 17.6 Å². The van der Waals surface area contributed by atoms with Gasteiger partial charge in [0.05, 0.1) is 12.3 Å². The average molecular weight is 347 g/mol. The second kappa shape index (κ2) is 8.75. The minimum absolute atomic E-state index is 0.0437. The molecule has 1 aromatic rings. The van der Waals surface area contributed by atoms with E-state index in [0.717, 1.165) is 51.2 Å². The van der Waals surface area contributed by atoms with Crippen molar-refractivity contribution in [3.8, 4) is 0 Å². The lowest BCUT2D eigenvalue weighted by atomic mass is 9.97. The Morgan fingerprint density at radius 2 is 1.88 bits per heavy atom. The van der Waals surface area contributed by atoms with Crippen molar-refractivity contribution in [3.63, 3.8) is 0 Å². The lowest BCUT2D eigenvalue weighted by Crippen LogP contribution is -2.45. The van der Waals surface area contributed by atoms with Gasteiger partial charge in [0.1, 0.15) is 5.82 Å². The van der Waals surface area contributed by atoms with Gasteiger partial charge in [0, 0.05) is 45.2 Å². The zero-order valence-electron chi connectivity index (χ0n) is 14.3. The number of ether oxygens (including phenoxy) is 1. The Morgan fingerprint density at radius 3 is 2.52 bits per heavy atom. The van der Waals surface area contributed by atoms with Crippen molar-refractivity contribution in [3.05, 3.63) is 18.6 Å². The van der Waals surface area contributed by atoms with Crippen LogP contribution in [0.1, 0.15) is 25.7 Å². The molecule has 0 aromatic carbocycles. The van der Waals surface area contributed by atoms with Crippen LogP contribution in [0.3, 0.4) is 0 Å². The van der Waals surface area contributed by atoms with Gasteiger partial charge < -0.3 is 20.3 Å².